The molecule has 1 N–H and O–H groups in total. The first-order valence-electron chi connectivity index (χ1n) is 9.05. The van der Waals surface area contributed by atoms with E-state index in [2.05, 4.69) is 41.4 Å². The molecule has 0 bridgehead atoms. The summed E-state index contributed by atoms with van der Waals surface area (Å²) in [7, 11) is 0. The Kier molecular flexibility index (Phi) is 6.16. The lowest BCUT2D eigenvalue weighted by Crippen LogP contribution is -2.32. The lowest BCUT2D eigenvalue weighted by Gasteiger charge is -2.30. The van der Waals surface area contributed by atoms with Crippen LogP contribution in [0.5, 0.6) is 0 Å². The summed E-state index contributed by atoms with van der Waals surface area (Å²) in [4.78, 5) is 2.51. The van der Waals surface area contributed by atoms with E-state index in [0.717, 1.165) is 18.0 Å². The molecule has 0 atom stereocenters. The lowest BCUT2D eigenvalue weighted by molar-refractivity contribution is 0.185. The number of hydrogen-bond donors (Lipinski definition) is 1. The summed E-state index contributed by atoms with van der Waals surface area (Å²) < 4.78 is 27.2. The predicted molar refractivity (Wildman–Crippen MR) is 97.0 cm³/mol. The number of rotatable bonds is 6. The van der Waals surface area contributed by atoms with Gasteiger partial charge in [-0.05, 0) is 55.1 Å². The number of likely N-dealkylation sites (tertiary alicyclic amines) is 1. The first-order chi connectivity index (χ1) is 12.1. The van der Waals surface area contributed by atoms with Gasteiger partial charge in [0.25, 0.3) is 0 Å². The summed E-state index contributed by atoms with van der Waals surface area (Å²) in [6.45, 7) is 6.46. The average Bonchev–Trinajstić information content (AvgIpc) is 2.61. The van der Waals surface area contributed by atoms with Crippen LogP contribution in [-0.2, 0) is 19.6 Å². The summed E-state index contributed by atoms with van der Waals surface area (Å²) in [5.41, 5.74) is 2.53. The Labute approximate surface area is 148 Å². The molecule has 0 unspecified atom stereocenters. The van der Waals surface area contributed by atoms with Crippen molar-refractivity contribution in [3.8, 4) is 0 Å². The number of hydrogen-bond acceptors (Lipinski definition) is 2. The van der Waals surface area contributed by atoms with Crippen LogP contribution in [-0.4, -0.2) is 18.0 Å². The molecule has 2 aromatic carbocycles. The molecule has 25 heavy (non-hydrogen) atoms. The molecule has 2 aromatic rings. The van der Waals surface area contributed by atoms with E-state index in [1.54, 1.807) is 0 Å². The number of halogens is 2. The van der Waals surface area contributed by atoms with Crippen molar-refractivity contribution in [3.63, 3.8) is 0 Å². The van der Waals surface area contributed by atoms with E-state index in [9.17, 15) is 8.78 Å². The number of nitrogens with one attached hydrogen (secondary N) is 1. The quantitative estimate of drug-likeness (QED) is 0.831. The molecule has 134 valence electrons. The van der Waals surface area contributed by atoms with Crippen molar-refractivity contribution in [2.75, 3.05) is 13.1 Å². The van der Waals surface area contributed by atoms with E-state index in [1.807, 2.05) is 0 Å². The third kappa shape index (κ3) is 5.10. The zero-order valence-electron chi connectivity index (χ0n) is 14.8. The Balaban J connectivity index is 1.48. The molecule has 0 radical (unpaired) electrons. The van der Waals surface area contributed by atoms with Crippen molar-refractivity contribution in [2.45, 2.75) is 39.4 Å². The number of nitrogens with zero attached hydrogens (tertiary/aromatic N) is 1. The topological polar surface area (TPSA) is 15.3 Å². The van der Waals surface area contributed by atoms with Crippen LogP contribution in [0.25, 0.3) is 0 Å². The van der Waals surface area contributed by atoms with E-state index in [-0.39, 0.29) is 12.1 Å². The van der Waals surface area contributed by atoms with Crippen LogP contribution in [0.3, 0.4) is 0 Å². The predicted octanol–water partition coefficient (Wildman–Crippen LogP) is 4.49. The molecule has 0 saturated carbocycles. The summed E-state index contributed by atoms with van der Waals surface area (Å²) in [6.07, 6.45) is 2.57. The van der Waals surface area contributed by atoms with Crippen molar-refractivity contribution >= 4 is 0 Å². The monoisotopic (exact) mass is 344 g/mol. The molecule has 1 fully saturated rings. The SMILES string of the molecule is CC1CCN(Cc2ccc(CNCc3c(F)cccc3F)cc2)CC1. The minimum absolute atomic E-state index is 0.0958. The van der Waals surface area contributed by atoms with Gasteiger partial charge in [0, 0.05) is 25.2 Å². The van der Waals surface area contributed by atoms with Gasteiger partial charge in [0.1, 0.15) is 11.6 Å². The highest BCUT2D eigenvalue weighted by Gasteiger charge is 2.15. The summed E-state index contributed by atoms with van der Waals surface area (Å²) in [5.74, 6) is -0.151. The van der Waals surface area contributed by atoms with E-state index in [0.29, 0.717) is 6.54 Å². The molecule has 1 heterocycles. The standard InChI is InChI=1S/C21H26F2N2/c1-16-9-11-25(12-10-16)15-18-7-5-17(6-8-18)13-24-14-19-20(22)3-2-4-21(19)23/h2-8,16,24H,9-15H2,1H3. The second-order valence-corrected chi connectivity index (χ2v) is 7.08. The van der Waals surface area contributed by atoms with Crippen molar-refractivity contribution in [1.82, 2.24) is 10.2 Å². The second-order valence-electron chi connectivity index (χ2n) is 7.08. The molecule has 4 heteroatoms. The van der Waals surface area contributed by atoms with Gasteiger partial charge < -0.3 is 5.32 Å². The number of piperidine rings is 1. The molecule has 1 saturated heterocycles. The van der Waals surface area contributed by atoms with Crippen molar-refractivity contribution in [3.05, 3.63) is 70.8 Å². The first-order valence-corrected chi connectivity index (χ1v) is 9.05. The van der Waals surface area contributed by atoms with E-state index in [4.69, 9.17) is 0 Å². The summed E-state index contributed by atoms with van der Waals surface area (Å²) in [5, 5.41) is 3.11. The maximum absolute atomic E-state index is 13.6. The van der Waals surface area contributed by atoms with E-state index >= 15 is 0 Å². The molecule has 1 aliphatic heterocycles. The molecule has 3 rings (SSSR count). The largest absolute Gasteiger partial charge is 0.308 e. The van der Waals surface area contributed by atoms with Crippen LogP contribution in [0.15, 0.2) is 42.5 Å². The number of benzene rings is 2. The smallest absolute Gasteiger partial charge is 0.130 e. The average molecular weight is 344 g/mol. The van der Waals surface area contributed by atoms with E-state index < -0.39 is 11.6 Å². The maximum atomic E-state index is 13.6. The molecule has 0 aliphatic carbocycles. The molecular formula is C21H26F2N2. The third-order valence-corrected chi connectivity index (χ3v) is 5.00. The minimum Gasteiger partial charge on any atom is -0.308 e. The first kappa shape index (κ1) is 18.0. The minimum atomic E-state index is -0.501. The fraction of sp³-hybridized carbons (Fsp3) is 0.429. The fourth-order valence-corrected chi connectivity index (χ4v) is 3.27. The van der Waals surface area contributed by atoms with Gasteiger partial charge in [0.05, 0.1) is 0 Å². The Morgan fingerprint density at radius 3 is 2.16 bits per heavy atom. The van der Waals surface area contributed by atoms with Gasteiger partial charge in [-0.25, -0.2) is 8.78 Å². The van der Waals surface area contributed by atoms with Gasteiger partial charge in [0.15, 0.2) is 0 Å². The molecule has 0 aromatic heterocycles. The maximum Gasteiger partial charge on any atom is 0.130 e. The zero-order chi connectivity index (χ0) is 17.6. The summed E-state index contributed by atoms with van der Waals surface area (Å²) >= 11 is 0. The zero-order valence-corrected chi connectivity index (χ0v) is 14.8. The van der Waals surface area contributed by atoms with Gasteiger partial charge in [-0.2, -0.15) is 0 Å². The van der Waals surface area contributed by atoms with Crippen LogP contribution >= 0.6 is 0 Å². The van der Waals surface area contributed by atoms with E-state index in [1.165, 1.54) is 49.7 Å². The van der Waals surface area contributed by atoms with Crippen molar-refractivity contribution < 1.29 is 8.78 Å². The van der Waals surface area contributed by atoms with Crippen molar-refractivity contribution in [1.29, 1.82) is 0 Å². The normalized spacial score (nSPS) is 16.3. The molecule has 0 amide bonds. The highest BCUT2D eigenvalue weighted by Crippen LogP contribution is 2.18. The lowest BCUT2D eigenvalue weighted by atomic mass is 9.99. The van der Waals surface area contributed by atoms with Gasteiger partial charge in [-0.3, -0.25) is 4.90 Å². The fourth-order valence-electron chi connectivity index (χ4n) is 3.27. The van der Waals surface area contributed by atoms with Gasteiger partial charge in [-0.15, -0.1) is 0 Å². The van der Waals surface area contributed by atoms with Gasteiger partial charge in [0.2, 0.25) is 0 Å². The van der Waals surface area contributed by atoms with Crippen LogP contribution in [0, 0.1) is 17.6 Å². The Hall–Kier alpha value is -1.78. The van der Waals surface area contributed by atoms with Gasteiger partial charge >= 0.3 is 0 Å². The van der Waals surface area contributed by atoms with Crippen LogP contribution in [0.2, 0.25) is 0 Å². The molecule has 0 spiro atoms. The highest BCUT2D eigenvalue weighted by atomic mass is 19.1. The molecule has 1 aliphatic rings. The Bertz CT molecular complexity index is 657. The van der Waals surface area contributed by atoms with Crippen LogP contribution < -0.4 is 5.32 Å². The van der Waals surface area contributed by atoms with Crippen LogP contribution in [0.4, 0.5) is 8.78 Å². The van der Waals surface area contributed by atoms with Crippen molar-refractivity contribution in [2.24, 2.45) is 5.92 Å². The third-order valence-electron chi connectivity index (χ3n) is 5.00. The molecule has 2 nitrogen and oxygen atoms in total. The highest BCUT2D eigenvalue weighted by molar-refractivity contribution is 5.23. The molecular weight excluding hydrogens is 318 g/mol. The second kappa shape index (κ2) is 8.54. The van der Waals surface area contributed by atoms with Crippen LogP contribution in [0.1, 0.15) is 36.5 Å². The van der Waals surface area contributed by atoms with Gasteiger partial charge in [-0.1, -0.05) is 37.3 Å². The Morgan fingerprint density at radius 2 is 1.52 bits per heavy atom. The Morgan fingerprint density at radius 1 is 0.920 bits per heavy atom. The summed E-state index contributed by atoms with van der Waals surface area (Å²) in [6, 6.07) is 12.4.